The van der Waals surface area contributed by atoms with Gasteiger partial charge in [-0.15, -0.1) is 0 Å². The molecule has 0 saturated carbocycles. The Morgan fingerprint density at radius 2 is 1.62 bits per heavy atom. The summed E-state index contributed by atoms with van der Waals surface area (Å²) in [6.45, 7) is 0. The third-order valence-corrected chi connectivity index (χ3v) is 3.53. The quantitative estimate of drug-likeness (QED) is 0.603. The summed E-state index contributed by atoms with van der Waals surface area (Å²) in [5.41, 5.74) is 1.72. The number of rotatable bonds is 1. The van der Waals surface area contributed by atoms with Gasteiger partial charge in [-0.2, -0.15) is 0 Å². The van der Waals surface area contributed by atoms with Gasteiger partial charge in [-0.25, -0.2) is 0 Å². The Labute approximate surface area is 120 Å². The first kappa shape index (κ1) is 13.1. The van der Waals surface area contributed by atoms with Crippen LogP contribution in [0, 0.1) is 0 Å². The number of hydrogen-bond donors (Lipinski definition) is 4. The molecule has 0 aliphatic heterocycles. The maximum atomic E-state index is 12.2. The fourth-order valence-corrected chi connectivity index (χ4v) is 2.44. The number of ketones is 1. The summed E-state index contributed by atoms with van der Waals surface area (Å²) < 4.78 is 0. The molecule has 0 radical (unpaired) electrons. The topological polar surface area (TPSA) is 98.0 Å². The van der Waals surface area contributed by atoms with E-state index in [9.17, 15) is 25.2 Å². The van der Waals surface area contributed by atoms with Crippen LogP contribution in [-0.4, -0.2) is 26.2 Å². The number of allylic oxidation sites excluding steroid dienone is 2. The Morgan fingerprint density at radius 3 is 2.33 bits per heavy atom. The minimum Gasteiger partial charge on any atom is -0.508 e. The predicted octanol–water partition coefficient (Wildman–Crippen LogP) is 2.51. The normalized spacial score (nSPS) is 14.2. The first-order chi connectivity index (χ1) is 9.97. The fourth-order valence-electron chi connectivity index (χ4n) is 2.44. The Morgan fingerprint density at radius 1 is 0.857 bits per heavy atom. The molecule has 0 unspecified atom stereocenters. The number of benzene rings is 2. The van der Waals surface area contributed by atoms with E-state index in [0.717, 1.165) is 0 Å². The van der Waals surface area contributed by atoms with Gasteiger partial charge in [-0.3, -0.25) is 4.79 Å². The highest BCUT2D eigenvalue weighted by Gasteiger charge is 2.27. The first-order valence-corrected chi connectivity index (χ1v) is 6.28. The highest BCUT2D eigenvalue weighted by Crippen LogP contribution is 2.35. The van der Waals surface area contributed by atoms with Crippen LogP contribution in [0.5, 0.6) is 17.2 Å². The van der Waals surface area contributed by atoms with Gasteiger partial charge in [0, 0.05) is 17.6 Å². The number of phenolic OH excluding ortho intramolecular Hbond substituents is 3. The standard InChI is InChI=1S/C16H12O5/c17-10-2-3-11-9(5-10)6-12(16(21)15(11)20)8-1-4-13(18)14(19)7-8/h1-5,7,17-19,21H,6H2. The molecular formula is C16H12O5. The van der Waals surface area contributed by atoms with E-state index in [2.05, 4.69) is 0 Å². The van der Waals surface area contributed by atoms with Crippen molar-refractivity contribution in [2.75, 3.05) is 0 Å². The van der Waals surface area contributed by atoms with Gasteiger partial charge in [0.05, 0.1) is 0 Å². The van der Waals surface area contributed by atoms with Crippen molar-refractivity contribution in [2.45, 2.75) is 6.42 Å². The molecule has 1 aliphatic carbocycles. The third-order valence-electron chi connectivity index (χ3n) is 3.53. The molecule has 5 nitrogen and oxygen atoms in total. The molecule has 0 bridgehead atoms. The summed E-state index contributed by atoms with van der Waals surface area (Å²) in [6.07, 6.45) is 0.242. The molecule has 0 saturated heterocycles. The Bertz CT molecular complexity index is 789. The Hall–Kier alpha value is -2.95. The minimum absolute atomic E-state index is 0.0378. The summed E-state index contributed by atoms with van der Waals surface area (Å²) in [6, 6.07) is 8.40. The molecule has 1 aliphatic rings. The van der Waals surface area contributed by atoms with E-state index in [1.54, 1.807) is 0 Å². The van der Waals surface area contributed by atoms with Crippen LogP contribution in [0.4, 0.5) is 0 Å². The van der Waals surface area contributed by atoms with Crippen molar-refractivity contribution in [1.29, 1.82) is 0 Å². The molecule has 2 aromatic rings. The highest BCUT2D eigenvalue weighted by molar-refractivity contribution is 6.14. The summed E-state index contributed by atoms with van der Waals surface area (Å²) in [7, 11) is 0. The van der Waals surface area contributed by atoms with E-state index >= 15 is 0 Å². The molecule has 0 fully saturated rings. The molecule has 0 atom stereocenters. The number of phenols is 3. The minimum atomic E-state index is -0.529. The number of aromatic hydroxyl groups is 3. The molecule has 0 amide bonds. The molecule has 4 N–H and O–H groups in total. The molecule has 0 heterocycles. The van der Waals surface area contributed by atoms with E-state index in [1.807, 2.05) is 0 Å². The average Bonchev–Trinajstić information content (AvgIpc) is 2.45. The van der Waals surface area contributed by atoms with Crippen LogP contribution >= 0.6 is 0 Å². The van der Waals surface area contributed by atoms with Crippen LogP contribution < -0.4 is 0 Å². The van der Waals surface area contributed by atoms with E-state index in [4.69, 9.17) is 0 Å². The van der Waals surface area contributed by atoms with Crippen molar-refractivity contribution >= 4 is 11.4 Å². The van der Waals surface area contributed by atoms with E-state index in [0.29, 0.717) is 22.3 Å². The van der Waals surface area contributed by atoms with Crippen molar-refractivity contribution in [2.24, 2.45) is 0 Å². The zero-order valence-corrected chi connectivity index (χ0v) is 10.9. The summed E-state index contributed by atoms with van der Waals surface area (Å²) in [5, 5.41) is 38.5. The van der Waals surface area contributed by atoms with Gasteiger partial charge in [0.15, 0.2) is 17.3 Å². The lowest BCUT2D eigenvalue weighted by Crippen LogP contribution is -2.15. The Balaban J connectivity index is 2.13. The van der Waals surface area contributed by atoms with Gasteiger partial charge in [0.1, 0.15) is 5.75 Å². The summed E-state index contributed by atoms with van der Waals surface area (Å²) in [4.78, 5) is 12.2. The van der Waals surface area contributed by atoms with Gasteiger partial charge in [-0.1, -0.05) is 6.07 Å². The van der Waals surface area contributed by atoms with Crippen molar-refractivity contribution in [3.63, 3.8) is 0 Å². The first-order valence-electron chi connectivity index (χ1n) is 6.28. The second-order valence-electron chi connectivity index (χ2n) is 4.88. The number of aliphatic hydroxyl groups excluding tert-OH is 1. The van der Waals surface area contributed by atoms with E-state index in [-0.39, 0.29) is 23.7 Å². The molecule has 0 aromatic heterocycles. The third kappa shape index (κ3) is 2.08. The van der Waals surface area contributed by atoms with Gasteiger partial charge in [-0.05, 0) is 41.5 Å². The smallest absolute Gasteiger partial charge is 0.227 e. The molecule has 3 rings (SSSR count). The lowest BCUT2D eigenvalue weighted by molar-refractivity contribution is 0.0975. The van der Waals surface area contributed by atoms with Crippen LogP contribution in [0.2, 0.25) is 0 Å². The second-order valence-corrected chi connectivity index (χ2v) is 4.88. The molecule has 5 heteroatoms. The van der Waals surface area contributed by atoms with Crippen LogP contribution in [0.15, 0.2) is 42.2 Å². The zero-order chi connectivity index (χ0) is 15.1. The molecule has 106 valence electrons. The van der Waals surface area contributed by atoms with Crippen molar-refractivity contribution < 1.29 is 25.2 Å². The number of aliphatic hydroxyl groups is 1. The maximum absolute atomic E-state index is 12.2. The molecule has 21 heavy (non-hydrogen) atoms. The van der Waals surface area contributed by atoms with Crippen LogP contribution in [0.1, 0.15) is 21.5 Å². The van der Waals surface area contributed by atoms with E-state index < -0.39 is 11.5 Å². The molecule has 2 aromatic carbocycles. The lowest BCUT2D eigenvalue weighted by Gasteiger charge is -2.19. The fraction of sp³-hybridized carbons (Fsp3) is 0.0625. The van der Waals surface area contributed by atoms with Crippen LogP contribution in [0.3, 0.4) is 0 Å². The molecule has 0 spiro atoms. The maximum Gasteiger partial charge on any atom is 0.227 e. The number of hydrogen-bond acceptors (Lipinski definition) is 5. The van der Waals surface area contributed by atoms with Crippen molar-refractivity contribution in [3.05, 3.63) is 58.8 Å². The van der Waals surface area contributed by atoms with Crippen molar-refractivity contribution in [3.8, 4) is 17.2 Å². The summed E-state index contributed by atoms with van der Waals surface area (Å²) >= 11 is 0. The highest BCUT2D eigenvalue weighted by atomic mass is 16.3. The SMILES string of the molecule is O=C1C(O)=C(c2ccc(O)c(O)c2)Cc2cc(O)ccc21. The predicted molar refractivity (Wildman–Crippen MR) is 75.5 cm³/mol. The zero-order valence-electron chi connectivity index (χ0n) is 10.9. The molecular weight excluding hydrogens is 272 g/mol. The van der Waals surface area contributed by atoms with Gasteiger partial charge < -0.3 is 20.4 Å². The second kappa shape index (κ2) is 4.56. The summed E-state index contributed by atoms with van der Waals surface area (Å²) in [5.74, 6) is -1.49. The van der Waals surface area contributed by atoms with E-state index in [1.165, 1.54) is 36.4 Å². The van der Waals surface area contributed by atoms with Gasteiger partial charge >= 0.3 is 0 Å². The van der Waals surface area contributed by atoms with Gasteiger partial charge in [0.2, 0.25) is 5.78 Å². The monoisotopic (exact) mass is 284 g/mol. The number of carbonyl (C=O) groups is 1. The number of fused-ring (bicyclic) bond motifs is 1. The average molecular weight is 284 g/mol. The van der Waals surface area contributed by atoms with Crippen LogP contribution in [-0.2, 0) is 6.42 Å². The van der Waals surface area contributed by atoms with Gasteiger partial charge in [0.25, 0.3) is 0 Å². The number of Topliss-reactive ketones (excluding diaryl/α,β-unsaturated/α-hetero) is 1. The van der Waals surface area contributed by atoms with Crippen molar-refractivity contribution in [1.82, 2.24) is 0 Å². The lowest BCUT2D eigenvalue weighted by atomic mass is 9.86. The van der Waals surface area contributed by atoms with Crippen LogP contribution in [0.25, 0.3) is 5.57 Å². The Kier molecular flexibility index (Phi) is 2.83. The number of carbonyl (C=O) groups excluding carboxylic acids is 1. The largest absolute Gasteiger partial charge is 0.508 e.